The molecule has 0 bridgehead atoms. The Labute approximate surface area is 249 Å². The van der Waals surface area contributed by atoms with E-state index in [2.05, 4.69) is 14.8 Å². The highest BCUT2D eigenvalue weighted by molar-refractivity contribution is 5.85. The molecule has 234 valence electrons. The molecule has 1 atom stereocenters. The van der Waals surface area contributed by atoms with E-state index in [0.717, 1.165) is 36.2 Å². The van der Waals surface area contributed by atoms with Gasteiger partial charge in [-0.1, -0.05) is 0 Å². The Balaban J connectivity index is 1.22. The summed E-state index contributed by atoms with van der Waals surface area (Å²) in [5.74, 6) is -3.53. The van der Waals surface area contributed by atoms with Crippen LogP contribution in [0.4, 0.5) is 17.6 Å². The Morgan fingerprint density at radius 1 is 1.00 bits per heavy atom. The molecule has 0 saturated carbocycles. The Morgan fingerprint density at radius 2 is 1.72 bits per heavy atom. The van der Waals surface area contributed by atoms with Crippen molar-refractivity contribution in [1.82, 2.24) is 14.8 Å². The van der Waals surface area contributed by atoms with E-state index in [9.17, 15) is 18.3 Å². The van der Waals surface area contributed by atoms with Gasteiger partial charge >= 0.3 is 0 Å². The van der Waals surface area contributed by atoms with Crippen LogP contribution in [0.25, 0.3) is 10.9 Å². The maximum absolute atomic E-state index is 16.4. The molecule has 1 N–H and O–H groups in total. The van der Waals surface area contributed by atoms with Crippen molar-refractivity contribution in [2.45, 2.75) is 38.4 Å². The number of hydrogen-bond donors (Lipinski definition) is 1. The number of halogens is 4. The number of alkyl halides is 1. The first-order chi connectivity index (χ1) is 20.8. The number of rotatable bonds is 12. The van der Waals surface area contributed by atoms with Crippen LogP contribution in [0.15, 0.2) is 36.5 Å². The van der Waals surface area contributed by atoms with Crippen molar-refractivity contribution in [2.24, 2.45) is 5.41 Å². The van der Waals surface area contributed by atoms with Gasteiger partial charge in [0.15, 0.2) is 17.5 Å². The fourth-order valence-electron chi connectivity index (χ4n) is 6.08. The van der Waals surface area contributed by atoms with E-state index in [1.807, 2.05) is 18.2 Å². The highest BCUT2D eigenvalue weighted by atomic mass is 19.2. The molecule has 0 amide bonds. The number of hydrogen-bond acceptors (Lipinski definition) is 7. The average molecular weight is 606 g/mol. The second-order valence-electron chi connectivity index (χ2n) is 11.5. The van der Waals surface area contributed by atoms with E-state index in [-0.39, 0.29) is 25.4 Å². The molecule has 1 aromatic heterocycles. The molecule has 2 aliphatic rings. The highest BCUT2D eigenvalue weighted by Gasteiger charge is 2.35. The molecule has 2 aliphatic heterocycles. The minimum atomic E-state index is -1.52. The molecule has 1 unspecified atom stereocenters. The van der Waals surface area contributed by atoms with E-state index >= 15 is 4.39 Å². The van der Waals surface area contributed by atoms with Crippen LogP contribution in [0.1, 0.15) is 43.0 Å². The van der Waals surface area contributed by atoms with Gasteiger partial charge in [-0.25, -0.2) is 17.6 Å². The first kappa shape index (κ1) is 31.4. The summed E-state index contributed by atoms with van der Waals surface area (Å²) in [4.78, 5) is 9.01. The van der Waals surface area contributed by atoms with Crippen LogP contribution in [0.3, 0.4) is 0 Å². The third-order valence-corrected chi connectivity index (χ3v) is 8.82. The molecular weight excluding hydrogens is 566 g/mol. The lowest BCUT2D eigenvalue weighted by atomic mass is 9.74. The van der Waals surface area contributed by atoms with Gasteiger partial charge in [-0.2, -0.15) is 0 Å². The van der Waals surface area contributed by atoms with Gasteiger partial charge in [-0.15, -0.1) is 0 Å². The summed E-state index contributed by atoms with van der Waals surface area (Å²) in [6.07, 6.45) is 2.68. The van der Waals surface area contributed by atoms with Gasteiger partial charge in [0.1, 0.15) is 24.3 Å². The van der Waals surface area contributed by atoms with Crippen LogP contribution in [-0.2, 0) is 11.3 Å². The minimum absolute atomic E-state index is 0.0380. The number of piperidine rings is 1. The van der Waals surface area contributed by atoms with Gasteiger partial charge < -0.3 is 19.3 Å². The molecule has 0 spiro atoms. The third-order valence-electron chi connectivity index (χ3n) is 8.82. The van der Waals surface area contributed by atoms with Crippen molar-refractivity contribution in [1.29, 1.82) is 0 Å². The van der Waals surface area contributed by atoms with Gasteiger partial charge in [0.05, 0.1) is 25.8 Å². The van der Waals surface area contributed by atoms with Crippen molar-refractivity contribution in [3.05, 3.63) is 65.1 Å². The highest BCUT2D eigenvalue weighted by Crippen LogP contribution is 2.41. The molecule has 2 fully saturated rings. The van der Waals surface area contributed by atoms with Crippen LogP contribution in [0, 0.1) is 22.9 Å². The molecule has 2 aromatic carbocycles. The maximum atomic E-state index is 16.4. The van der Waals surface area contributed by atoms with E-state index in [1.165, 1.54) is 0 Å². The van der Waals surface area contributed by atoms with E-state index in [4.69, 9.17) is 14.2 Å². The van der Waals surface area contributed by atoms with Crippen molar-refractivity contribution >= 4 is 10.9 Å². The van der Waals surface area contributed by atoms with Gasteiger partial charge in [-0.05, 0) is 68.0 Å². The Hall–Kier alpha value is -2.99. The SMILES string of the molecule is COc1ccc2ncc(CN3CCOCC3)c(C(F)CCC3(CO)CCN(CCOc4cc(F)c(F)c(F)c4)CC3)c2c1. The quantitative estimate of drug-likeness (QED) is 0.218. The maximum Gasteiger partial charge on any atom is 0.194 e. The number of aliphatic hydroxyl groups is 1. The molecule has 43 heavy (non-hydrogen) atoms. The average Bonchev–Trinajstić information content (AvgIpc) is 3.03. The smallest absolute Gasteiger partial charge is 0.194 e. The van der Waals surface area contributed by atoms with Gasteiger partial charge in [0.2, 0.25) is 0 Å². The monoisotopic (exact) mass is 605 g/mol. The van der Waals surface area contributed by atoms with Crippen LogP contribution in [0.2, 0.25) is 0 Å². The molecule has 2 saturated heterocycles. The fraction of sp³-hybridized carbons (Fsp3) is 0.531. The number of likely N-dealkylation sites (tertiary alicyclic amines) is 1. The van der Waals surface area contributed by atoms with E-state index < -0.39 is 29.0 Å². The second kappa shape index (κ2) is 14.2. The molecule has 5 rings (SSSR count). The van der Waals surface area contributed by atoms with E-state index in [1.54, 1.807) is 13.3 Å². The van der Waals surface area contributed by atoms with E-state index in [0.29, 0.717) is 75.5 Å². The number of pyridine rings is 1. The molecule has 7 nitrogen and oxygen atoms in total. The number of fused-ring (bicyclic) bond motifs is 1. The predicted molar refractivity (Wildman–Crippen MR) is 154 cm³/mol. The third kappa shape index (κ3) is 7.57. The number of aliphatic hydroxyl groups excluding tert-OH is 1. The second-order valence-corrected chi connectivity index (χ2v) is 11.5. The zero-order valence-electron chi connectivity index (χ0n) is 24.5. The minimum Gasteiger partial charge on any atom is -0.497 e. The lowest BCUT2D eigenvalue weighted by molar-refractivity contribution is 0.0262. The Kier molecular flexibility index (Phi) is 10.4. The number of benzene rings is 2. The fourth-order valence-corrected chi connectivity index (χ4v) is 6.08. The zero-order valence-corrected chi connectivity index (χ0v) is 24.5. The van der Waals surface area contributed by atoms with Crippen molar-refractivity contribution < 1.29 is 36.9 Å². The molecule has 0 radical (unpaired) electrons. The van der Waals surface area contributed by atoms with Crippen molar-refractivity contribution in [2.75, 3.05) is 66.3 Å². The number of methoxy groups -OCH3 is 1. The van der Waals surface area contributed by atoms with Crippen LogP contribution < -0.4 is 9.47 Å². The number of morpholine rings is 1. The Morgan fingerprint density at radius 3 is 2.40 bits per heavy atom. The summed E-state index contributed by atoms with van der Waals surface area (Å²) in [5, 5.41) is 11.2. The largest absolute Gasteiger partial charge is 0.497 e. The number of aromatic nitrogens is 1. The molecule has 3 aromatic rings. The number of ether oxygens (including phenoxy) is 3. The van der Waals surface area contributed by atoms with Crippen LogP contribution in [0.5, 0.6) is 11.5 Å². The first-order valence-corrected chi connectivity index (χ1v) is 14.8. The van der Waals surface area contributed by atoms with Crippen LogP contribution in [-0.4, -0.2) is 86.2 Å². The van der Waals surface area contributed by atoms with Crippen molar-refractivity contribution in [3.63, 3.8) is 0 Å². The normalized spacial score (nSPS) is 18.6. The topological polar surface area (TPSA) is 67.3 Å². The standard InChI is InChI=1S/C32H39F4N3O4/c1-41-23-2-3-29-25(16-23)30(22(19-37-29)20-39-10-13-42-14-11-39)26(33)4-5-32(21-40)6-8-38(9-7-32)12-15-43-24-17-27(34)31(36)28(35)18-24/h2-3,16-19,26,40H,4-15,20-21H2,1H3. The summed E-state index contributed by atoms with van der Waals surface area (Å²) in [5.41, 5.74) is 1.79. The summed E-state index contributed by atoms with van der Waals surface area (Å²) in [6, 6.07) is 7.18. The molecule has 0 aliphatic carbocycles. The van der Waals surface area contributed by atoms with Crippen LogP contribution >= 0.6 is 0 Å². The van der Waals surface area contributed by atoms with Crippen molar-refractivity contribution in [3.8, 4) is 11.5 Å². The van der Waals surface area contributed by atoms with Gasteiger partial charge in [-0.3, -0.25) is 14.8 Å². The molecule has 3 heterocycles. The summed E-state index contributed by atoms with van der Waals surface area (Å²) < 4.78 is 72.8. The zero-order chi connectivity index (χ0) is 30.4. The first-order valence-electron chi connectivity index (χ1n) is 14.8. The predicted octanol–water partition coefficient (Wildman–Crippen LogP) is 5.44. The summed E-state index contributed by atoms with van der Waals surface area (Å²) in [6.45, 7) is 5.41. The van der Waals surface area contributed by atoms with Gasteiger partial charge in [0, 0.05) is 62.1 Å². The number of nitrogens with zero attached hydrogens (tertiary/aromatic N) is 3. The lowest BCUT2D eigenvalue weighted by Crippen LogP contribution is -2.43. The molecule has 11 heteroatoms. The lowest BCUT2D eigenvalue weighted by Gasteiger charge is -2.41. The van der Waals surface area contributed by atoms with Gasteiger partial charge in [0.25, 0.3) is 0 Å². The summed E-state index contributed by atoms with van der Waals surface area (Å²) >= 11 is 0. The Bertz CT molecular complexity index is 1360. The molecular formula is C32H39F4N3O4. The summed E-state index contributed by atoms with van der Waals surface area (Å²) in [7, 11) is 1.59.